The van der Waals surface area contributed by atoms with Crippen LogP contribution in [0.3, 0.4) is 0 Å². The summed E-state index contributed by atoms with van der Waals surface area (Å²) in [6.07, 6.45) is 6.75. The zero-order valence-corrected chi connectivity index (χ0v) is 18.2. The third kappa shape index (κ3) is 4.14. The fourth-order valence-corrected chi connectivity index (χ4v) is 4.11. The van der Waals surface area contributed by atoms with Gasteiger partial charge in [0.1, 0.15) is 0 Å². The lowest BCUT2D eigenvalue weighted by molar-refractivity contribution is 0.265. The van der Waals surface area contributed by atoms with Crippen molar-refractivity contribution in [1.82, 2.24) is 30.1 Å². The van der Waals surface area contributed by atoms with E-state index >= 15 is 0 Å². The first kappa shape index (κ1) is 20.7. The molecule has 0 saturated heterocycles. The largest absolute Gasteiger partial charge is 0.350 e. The Bertz CT molecular complexity index is 1230. The van der Waals surface area contributed by atoms with E-state index in [0.717, 1.165) is 42.3 Å². The van der Waals surface area contributed by atoms with Crippen molar-refractivity contribution in [2.24, 2.45) is 11.5 Å². The number of nitrogens with one attached hydrogen (secondary N) is 2. The van der Waals surface area contributed by atoms with Gasteiger partial charge in [-0.3, -0.25) is 5.10 Å². The molecular weight excluding hydrogens is 426 g/mol. The second-order valence-corrected chi connectivity index (χ2v) is 8.71. The van der Waals surface area contributed by atoms with E-state index in [2.05, 4.69) is 35.5 Å². The molecule has 32 heavy (non-hydrogen) atoms. The highest BCUT2D eigenvalue weighted by Crippen LogP contribution is 2.33. The summed E-state index contributed by atoms with van der Waals surface area (Å²) in [4.78, 5) is 18.2. The Morgan fingerprint density at radius 3 is 2.66 bits per heavy atom. The molecule has 1 aromatic carbocycles. The molecule has 3 heterocycles. The zero-order chi connectivity index (χ0) is 22.1. The average molecular weight is 450 g/mol. The van der Waals surface area contributed by atoms with Gasteiger partial charge in [-0.2, -0.15) is 5.10 Å². The predicted molar refractivity (Wildman–Crippen MR) is 124 cm³/mol. The highest BCUT2D eigenvalue weighted by atomic mass is 35.5. The monoisotopic (exact) mass is 449 g/mol. The van der Waals surface area contributed by atoms with Crippen LogP contribution >= 0.6 is 11.6 Å². The summed E-state index contributed by atoms with van der Waals surface area (Å²) in [5.41, 5.74) is 15.2. The number of hydrogen-bond donors (Lipinski definition) is 4. The number of benzene rings is 1. The van der Waals surface area contributed by atoms with Crippen molar-refractivity contribution in [3.8, 4) is 11.4 Å². The summed E-state index contributed by atoms with van der Waals surface area (Å²) in [5, 5.41) is 12.1. The smallest absolute Gasteiger partial charge is 0.223 e. The van der Waals surface area contributed by atoms with Crippen LogP contribution in [0.25, 0.3) is 22.4 Å². The molecule has 3 aromatic heterocycles. The molecule has 1 aliphatic rings. The minimum Gasteiger partial charge on any atom is -0.350 e. The Morgan fingerprint density at radius 2 is 1.88 bits per heavy atom. The van der Waals surface area contributed by atoms with E-state index in [9.17, 15) is 0 Å². The molecule has 9 nitrogen and oxygen atoms in total. The minimum absolute atomic E-state index is 0.202. The van der Waals surface area contributed by atoms with Gasteiger partial charge in [0.2, 0.25) is 5.95 Å². The lowest BCUT2D eigenvalue weighted by Crippen LogP contribution is -2.44. The number of aromatic nitrogens is 6. The lowest BCUT2D eigenvalue weighted by atomic mass is 9.80. The van der Waals surface area contributed by atoms with Crippen LogP contribution in [0.5, 0.6) is 0 Å². The van der Waals surface area contributed by atoms with Gasteiger partial charge in [0.25, 0.3) is 0 Å². The Kier molecular flexibility index (Phi) is 5.46. The SMILES string of the molecule is NC1CCC(N)(c2ncc3c(-c4ccnc(NCc5ccc(Cl)cc5)n4)[nH]nc3n2)CC1. The molecule has 0 bridgehead atoms. The van der Waals surface area contributed by atoms with Crippen LogP contribution in [0.15, 0.2) is 42.7 Å². The van der Waals surface area contributed by atoms with E-state index in [0.29, 0.717) is 34.7 Å². The Morgan fingerprint density at radius 1 is 1.09 bits per heavy atom. The summed E-state index contributed by atoms with van der Waals surface area (Å²) < 4.78 is 0. The molecule has 0 unspecified atom stereocenters. The van der Waals surface area contributed by atoms with Gasteiger partial charge >= 0.3 is 0 Å². The average Bonchev–Trinajstić information content (AvgIpc) is 3.24. The van der Waals surface area contributed by atoms with Crippen molar-refractivity contribution < 1.29 is 0 Å². The van der Waals surface area contributed by atoms with Gasteiger partial charge in [0.05, 0.1) is 22.3 Å². The van der Waals surface area contributed by atoms with Gasteiger partial charge in [-0.15, -0.1) is 0 Å². The Hall–Kier alpha value is -3.14. The second kappa shape index (κ2) is 8.42. The third-order valence-corrected chi connectivity index (χ3v) is 6.21. The molecule has 10 heteroatoms. The molecule has 4 aromatic rings. The summed E-state index contributed by atoms with van der Waals surface area (Å²) in [7, 11) is 0. The summed E-state index contributed by atoms with van der Waals surface area (Å²) in [6, 6.07) is 9.65. The van der Waals surface area contributed by atoms with Crippen LogP contribution in [0.4, 0.5) is 5.95 Å². The van der Waals surface area contributed by atoms with Crippen LogP contribution < -0.4 is 16.8 Å². The van der Waals surface area contributed by atoms with E-state index in [4.69, 9.17) is 23.1 Å². The van der Waals surface area contributed by atoms with Crippen molar-refractivity contribution in [1.29, 1.82) is 0 Å². The highest BCUT2D eigenvalue weighted by molar-refractivity contribution is 6.30. The van der Waals surface area contributed by atoms with Gasteiger partial charge in [-0.05, 0) is 49.4 Å². The molecule has 164 valence electrons. The first-order chi connectivity index (χ1) is 15.5. The zero-order valence-electron chi connectivity index (χ0n) is 17.4. The van der Waals surface area contributed by atoms with Crippen molar-refractivity contribution in [3.63, 3.8) is 0 Å². The van der Waals surface area contributed by atoms with Crippen LogP contribution in [0.2, 0.25) is 5.02 Å². The second-order valence-electron chi connectivity index (χ2n) is 8.27. The van der Waals surface area contributed by atoms with Crippen LogP contribution in [0.1, 0.15) is 37.1 Å². The van der Waals surface area contributed by atoms with Gasteiger partial charge in [0, 0.05) is 30.0 Å². The first-order valence-electron chi connectivity index (χ1n) is 10.6. The molecular formula is C22H24ClN9. The molecule has 0 atom stereocenters. The molecule has 1 fully saturated rings. The maximum atomic E-state index is 6.61. The van der Waals surface area contributed by atoms with E-state index in [1.807, 2.05) is 30.3 Å². The maximum absolute atomic E-state index is 6.61. The van der Waals surface area contributed by atoms with E-state index < -0.39 is 5.54 Å². The molecule has 1 aliphatic carbocycles. The van der Waals surface area contributed by atoms with Gasteiger partial charge in [0.15, 0.2) is 11.5 Å². The molecule has 1 saturated carbocycles. The van der Waals surface area contributed by atoms with Crippen LogP contribution in [-0.2, 0) is 12.1 Å². The fourth-order valence-electron chi connectivity index (χ4n) is 3.98. The van der Waals surface area contributed by atoms with Gasteiger partial charge < -0.3 is 16.8 Å². The number of H-pyrrole nitrogens is 1. The van der Waals surface area contributed by atoms with Crippen LogP contribution in [0, 0.1) is 0 Å². The van der Waals surface area contributed by atoms with Crippen molar-refractivity contribution >= 4 is 28.6 Å². The number of aromatic amines is 1. The van der Waals surface area contributed by atoms with Crippen molar-refractivity contribution in [3.05, 3.63) is 59.1 Å². The van der Waals surface area contributed by atoms with E-state index in [-0.39, 0.29) is 6.04 Å². The van der Waals surface area contributed by atoms with E-state index in [1.165, 1.54) is 0 Å². The summed E-state index contributed by atoms with van der Waals surface area (Å²) >= 11 is 5.94. The molecule has 0 spiro atoms. The topological polar surface area (TPSA) is 144 Å². The Labute approximate surface area is 190 Å². The normalized spacial score (nSPS) is 21.0. The number of rotatable bonds is 5. The lowest BCUT2D eigenvalue weighted by Gasteiger charge is -2.34. The standard InChI is InChI=1S/C22H24ClN9/c23-14-3-1-13(2-4-14)11-28-21-26-10-7-17(29-21)18-16-12-27-20(30-19(16)32-31-18)22(25)8-5-15(24)6-9-22/h1-4,7,10,12,15H,5-6,8-9,11,24-25H2,(H,26,28,29)(H,27,30,31,32). The molecule has 0 radical (unpaired) electrons. The summed E-state index contributed by atoms with van der Waals surface area (Å²) in [5.74, 6) is 1.13. The van der Waals surface area contributed by atoms with Crippen molar-refractivity contribution in [2.45, 2.75) is 43.8 Å². The summed E-state index contributed by atoms with van der Waals surface area (Å²) in [6.45, 7) is 0.582. The number of halogens is 1. The number of nitrogens with two attached hydrogens (primary N) is 2. The van der Waals surface area contributed by atoms with Crippen molar-refractivity contribution in [2.75, 3.05) is 5.32 Å². The third-order valence-electron chi connectivity index (χ3n) is 5.95. The van der Waals surface area contributed by atoms with E-state index in [1.54, 1.807) is 12.4 Å². The quantitative estimate of drug-likeness (QED) is 0.363. The number of nitrogens with zero attached hydrogens (tertiary/aromatic N) is 5. The molecule has 6 N–H and O–H groups in total. The molecule has 0 amide bonds. The molecule has 0 aliphatic heterocycles. The fraction of sp³-hybridized carbons (Fsp3) is 0.318. The first-order valence-corrected chi connectivity index (χ1v) is 11.0. The minimum atomic E-state index is -0.559. The predicted octanol–water partition coefficient (Wildman–Crippen LogP) is 3.13. The molecule has 5 rings (SSSR count). The van der Waals surface area contributed by atoms with Gasteiger partial charge in [-0.25, -0.2) is 19.9 Å². The Balaban J connectivity index is 1.38. The van der Waals surface area contributed by atoms with Crippen LogP contribution in [-0.4, -0.2) is 36.2 Å². The number of fused-ring (bicyclic) bond motifs is 1. The maximum Gasteiger partial charge on any atom is 0.223 e. The van der Waals surface area contributed by atoms with Gasteiger partial charge in [-0.1, -0.05) is 23.7 Å². The number of anilines is 1. The highest BCUT2D eigenvalue weighted by Gasteiger charge is 2.35. The number of hydrogen-bond acceptors (Lipinski definition) is 8.